The molecule has 0 bridgehead atoms. The number of hydrogen-bond acceptors (Lipinski definition) is 0. The van der Waals surface area contributed by atoms with Crippen LogP contribution in [0, 0.1) is 0 Å². The van der Waals surface area contributed by atoms with Crippen LogP contribution < -0.4 is 0 Å². The van der Waals surface area contributed by atoms with E-state index in [1.165, 1.54) is 43.2 Å². The van der Waals surface area contributed by atoms with E-state index in [2.05, 4.69) is 48.9 Å². The van der Waals surface area contributed by atoms with Crippen molar-refractivity contribution in [1.29, 1.82) is 0 Å². The molecule has 0 nitrogen and oxygen atoms in total. The molecule has 0 aliphatic carbocycles. The van der Waals surface area contributed by atoms with E-state index < -0.39 is 0 Å². The zero-order valence-corrected chi connectivity index (χ0v) is 9.55. The maximum atomic E-state index is 2.28. The summed E-state index contributed by atoms with van der Waals surface area (Å²) in [6.45, 7) is 2.26. The first-order valence-corrected chi connectivity index (χ1v) is 5.94. The molecule has 0 saturated carbocycles. The summed E-state index contributed by atoms with van der Waals surface area (Å²) in [5.74, 6) is 0. The van der Waals surface area contributed by atoms with Crippen LogP contribution in [0.15, 0.2) is 24.3 Å². The summed E-state index contributed by atoms with van der Waals surface area (Å²) < 4.78 is 0. The standard InChI is InChI=1S/C13H19.Li/c1-3-4-5-6-7-13-10-8-12(2)9-11-13;/h8-11H,2-7H2,1H3;. The molecule has 0 saturated heterocycles. The molecule has 0 aliphatic heterocycles. The van der Waals surface area contributed by atoms with Gasteiger partial charge in [0.05, 0.1) is 0 Å². The quantitative estimate of drug-likeness (QED) is 0.466. The van der Waals surface area contributed by atoms with Crippen LogP contribution in [-0.4, -0.2) is 17.7 Å². The molecule has 72 valence electrons. The molecule has 1 aromatic rings. The Labute approximate surface area is 97.3 Å². The van der Waals surface area contributed by atoms with E-state index in [1.807, 2.05) is 0 Å². The molecular formula is C13H19Li. The van der Waals surface area contributed by atoms with Crippen LogP contribution in [0.3, 0.4) is 0 Å². The van der Waals surface area contributed by atoms with Crippen LogP contribution in [0.1, 0.15) is 43.7 Å². The molecule has 1 rings (SSSR count). The average Bonchev–Trinajstić information content (AvgIpc) is 2.25. The predicted molar refractivity (Wildman–Crippen MR) is 63.7 cm³/mol. The second-order valence-corrected chi connectivity index (χ2v) is 3.98. The third-order valence-corrected chi connectivity index (χ3v) is 2.75. The second-order valence-electron chi connectivity index (χ2n) is 3.98. The van der Waals surface area contributed by atoms with Crippen molar-refractivity contribution in [3.05, 3.63) is 35.4 Å². The predicted octanol–water partition coefficient (Wildman–Crippen LogP) is 3.48. The van der Waals surface area contributed by atoms with Gasteiger partial charge in [-0.3, -0.25) is 0 Å². The Morgan fingerprint density at radius 2 is 1.57 bits per heavy atom. The summed E-state index contributed by atoms with van der Waals surface area (Å²) in [6, 6.07) is 9.08. The molecule has 0 atom stereocenters. The topological polar surface area (TPSA) is 0 Å². The molecule has 0 heterocycles. The Hall–Kier alpha value is -0.183. The van der Waals surface area contributed by atoms with Gasteiger partial charge in [-0.25, -0.2) is 0 Å². The fraction of sp³-hybridized carbons (Fsp3) is 0.538. The van der Waals surface area contributed by atoms with Gasteiger partial charge in [-0.2, -0.15) is 0 Å². The van der Waals surface area contributed by atoms with E-state index in [1.54, 1.807) is 0 Å². The fourth-order valence-electron chi connectivity index (χ4n) is 1.70. The zero-order valence-electron chi connectivity index (χ0n) is 9.55. The monoisotopic (exact) mass is 182 g/mol. The Kier molecular flexibility index (Phi) is 6.08. The molecule has 1 heteroatoms. The van der Waals surface area contributed by atoms with Gasteiger partial charge in [0.1, 0.15) is 0 Å². The molecule has 0 aliphatic rings. The van der Waals surface area contributed by atoms with E-state index in [0.717, 1.165) is 5.09 Å². The Bertz CT molecular complexity index is 238. The minimum atomic E-state index is 1.15. The van der Waals surface area contributed by atoms with Crippen LogP contribution in [0.4, 0.5) is 0 Å². The normalized spacial score (nSPS) is 10.5. The third-order valence-electron chi connectivity index (χ3n) is 2.75. The molecule has 0 fully saturated rings. The van der Waals surface area contributed by atoms with Gasteiger partial charge in [-0.05, 0) is 0 Å². The molecule has 1 aromatic carbocycles. The van der Waals surface area contributed by atoms with Gasteiger partial charge in [0.2, 0.25) is 0 Å². The number of aryl methyl sites for hydroxylation is 1. The Morgan fingerprint density at radius 1 is 0.929 bits per heavy atom. The van der Waals surface area contributed by atoms with E-state index in [0.29, 0.717) is 0 Å². The van der Waals surface area contributed by atoms with Gasteiger partial charge < -0.3 is 0 Å². The van der Waals surface area contributed by atoms with Gasteiger partial charge in [-0.1, -0.05) is 0 Å². The maximum absolute atomic E-state index is 2.28. The van der Waals surface area contributed by atoms with Crippen molar-refractivity contribution < 1.29 is 0 Å². The van der Waals surface area contributed by atoms with Crippen LogP contribution in [0.5, 0.6) is 0 Å². The van der Waals surface area contributed by atoms with E-state index in [9.17, 15) is 0 Å². The Balaban J connectivity index is 2.29. The van der Waals surface area contributed by atoms with Crippen molar-refractivity contribution in [2.75, 3.05) is 0 Å². The first-order chi connectivity index (χ1) is 6.86. The van der Waals surface area contributed by atoms with Crippen LogP contribution in [0.25, 0.3) is 0 Å². The van der Waals surface area contributed by atoms with Crippen molar-refractivity contribution in [1.82, 2.24) is 0 Å². The number of unbranched alkanes of at least 4 members (excludes halogenated alkanes) is 3. The van der Waals surface area contributed by atoms with Gasteiger partial charge in [0, 0.05) is 0 Å². The second kappa shape index (κ2) is 7.15. The molecule has 0 radical (unpaired) electrons. The number of benzene rings is 1. The summed E-state index contributed by atoms with van der Waals surface area (Å²) >= 11 is 2.20. The summed E-state index contributed by atoms with van der Waals surface area (Å²) in [7, 11) is 0. The summed E-state index contributed by atoms with van der Waals surface area (Å²) in [5, 5.41) is 1.15. The van der Waals surface area contributed by atoms with Gasteiger partial charge >= 0.3 is 97.2 Å². The van der Waals surface area contributed by atoms with Crippen molar-refractivity contribution in [2.24, 2.45) is 0 Å². The van der Waals surface area contributed by atoms with E-state index >= 15 is 0 Å². The summed E-state index contributed by atoms with van der Waals surface area (Å²) in [5.41, 5.74) is 2.95. The van der Waals surface area contributed by atoms with E-state index in [4.69, 9.17) is 0 Å². The van der Waals surface area contributed by atoms with Crippen molar-refractivity contribution in [2.45, 2.75) is 44.1 Å². The van der Waals surface area contributed by atoms with Crippen molar-refractivity contribution in [3.8, 4) is 0 Å². The minimum absolute atomic E-state index is 1.15. The first kappa shape index (κ1) is 11.9. The average molecular weight is 182 g/mol. The van der Waals surface area contributed by atoms with Gasteiger partial charge in [0.15, 0.2) is 0 Å². The molecule has 0 spiro atoms. The molecular weight excluding hydrogens is 163 g/mol. The summed E-state index contributed by atoms with van der Waals surface area (Å²) in [4.78, 5) is 0. The van der Waals surface area contributed by atoms with Crippen LogP contribution in [-0.2, 0) is 11.5 Å². The third kappa shape index (κ3) is 4.36. The van der Waals surface area contributed by atoms with E-state index in [-0.39, 0.29) is 0 Å². The SMILES string of the molecule is [Li][CH2]c1ccc(CCCCCC)cc1. The molecule has 0 unspecified atom stereocenters. The van der Waals surface area contributed by atoms with Crippen LogP contribution >= 0.6 is 0 Å². The zero-order chi connectivity index (χ0) is 10.2. The van der Waals surface area contributed by atoms with Crippen LogP contribution in [0.2, 0.25) is 0 Å². The fourth-order valence-corrected chi connectivity index (χ4v) is 1.70. The van der Waals surface area contributed by atoms with Gasteiger partial charge in [-0.15, -0.1) is 0 Å². The molecule has 14 heavy (non-hydrogen) atoms. The molecule has 0 N–H and O–H groups in total. The molecule has 0 amide bonds. The first-order valence-electron chi connectivity index (χ1n) is 5.94. The molecule has 0 aromatic heterocycles. The van der Waals surface area contributed by atoms with Crippen molar-refractivity contribution in [3.63, 3.8) is 0 Å². The van der Waals surface area contributed by atoms with Crippen molar-refractivity contribution >= 4 is 17.7 Å². The Morgan fingerprint density at radius 3 is 2.14 bits per heavy atom. The number of rotatable bonds is 6. The number of hydrogen-bond donors (Lipinski definition) is 0. The summed E-state index contributed by atoms with van der Waals surface area (Å²) in [6.07, 6.45) is 6.69. The van der Waals surface area contributed by atoms with Gasteiger partial charge in [0.25, 0.3) is 0 Å².